The summed E-state index contributed by atoms with van der Waals surface area (Å²) in [5.74, 6) is 0. The minimum Gasteiger partial charge on any atom is -0.397 e. The molecule has 2 saturated heterocycles. The molecule has 0 spiro atoms. The highest BCUT2D eigenvalue weighted by Gasteiger charge is 2.40. The summed E-state index contributed by atoms with van der Waals surface area (Å²) in [6.07, 6.45) is 3.81. The highest BCUT2D eigenvalue weighted by Crippen LogP contribution is 2.37. The lowest BCUT2D eigenvalue weighted by atomic mass is 9.95. The lowest BCUT2D eigenvalue weighted by molar-refractivity contribution is 0.102. The number of fused-ring (bicyclic) bond motifs is 2. The SMILES string of the molecule is CNS(=O)(=O)c1ccc(NC2CC3CCC2O3)c(N)c1. The van der Waals surface area contributed by atoms with Crippen LogP contribution in [0.4, 0.5) is 11.4 Å². The van der Waals surface area contributed by atoms with Gasteiger partial charge in [-0.25, -0.2) is 13.1 Å². The predicted octanol–water partition coefficient (Wildman–Crippen LogP) is 0.909. The second kappa shape index (κ2) is 4.91. The van der Waals surface area contributed by atoms with Crippen molar-refractivity contribution in [1.82, 2.24) is 4.72 Å². The van der Waals surface area contributed by atoms with Crippen molar-refractivity contribution in [3.63, 3.8) is 0 Å². The molecule has 1 aromatic rings. The smallest absolute Gasteiger partial charge is 0.240 e. The van der Waals surface area contributed by atoms with E-state index in [4.69, 9.17) is 10.5 Å². The van der Waals surface area contributed by atoms with Crippen molar-refractivity contribution in [2.45, 2.75) is 42.4 Å². The Hall–Kier alpha value is -1.31. The van der Waals surface area contributed by atoms with Gasteiger partial charge >= 0.3 is 0 Å². The summed E-state index contributed by atoms with van der Waals surface area (Å²) in [4.78, 5) is 0.173. The Labute approximate surface area is 118 Å². The van der Waals surface area contributed by atoms with Crippen molar-refractivity contribution in [1.29, 1.82) is 0 Å². The van der Waals surface area contributed by atoms with Gasteiger partial charge in [0.15, 0.2) is 0 Å². The Balaban J connectivity index is 1.78. The third kappa shape index (κ3) is 2.36. The Morgan fingerprint density at radius 1 is 1.35 bits per heavy atom. The second-order valence-electron chi connectivity index (χ2n) is 5.32. The van der Waals surface area contributed by atoms with Crippen molar-refractivity contribution < 1.29 is 13.2 Å². The Bertz CT molecular complexity index is 617. The van der Waals surface area contributed by atoms with E-state index in [9.17, 15) is 8.42 Å². The molecule has 0 aliphatic carbocycles. The van der Waals surface area contributed by atoms with Crippen molar-refractivity contribution in [2.24, 2.45) is 0 Å². The monoisotopic (exact) mass is 297 g/mol. The van der Waals surface area contributed by atoms with Crippen LogP contribution in [-0.4, -0.2) is 33.7 Å². The van der Waals surface area contributed by atoms with Crippen LogP contribution < -0.4 is 15.8 Å². The van der Waals surface area contributed by atoms with Gasteiger partial charge in [0.05, 0.1) is 34.5 Å². The van der Waals surface area contributed by atoms with Gasteiger partial charge in [-0.05, 0) is 44.5 Å². The number of benzene rings is 1. The average molecular weight is 297 g/mol. The van der Waals surface area contributed by atoms with Crippen LogP contribution in [0.1, 0.15) is 19.3 Å². The molecule has 1 aromatic carbocycles. The highest BCUT2D eigenvalue weighted by atomic mass is 32.2. The van der Waals surface area contributed by atoms with Gasteiger partial charge in [0.2, 0.25) is 10.0 Å². The van der Waals surface area contributed by atoms with Crippen LogP contribution in [0, 0.1) is 0 Å². The molecule has 2 heterocycles. The van der Waals surface area contributed by atoms with Gasteiger partial charge in [0, 0.05) is 0 Å². The van der Waals surface area contributed by atoms with Gasteiger partial charge in [0.1, 0.15) is 0 Å². The minimum atomic E-state index is -3.46. The van der Waals surface area contributed by atoms with Crippen molar-refractivity contribution in [2.75, 3.05) is 18.1 Å². The lowest BCUT2D eigenvalue weighted by Crippen LogP contribution is -2.30. The summed E-state index contributed by atoms with van der Waals surface area (Å²) in [7, 11) is -2.08. The average Bonchev–Trinajstić information content (AvgIpc) is 3.03. The Kier molecular flexibility index (Phi) is 3.35. The summed E-state index contributed by atoms with van der Waals surface area (Å²) in [6.45, 7) is 0. The van der Waals surface area contributed by atoms with Crippen LogP contribution in [-0.2, 0) is 14.8 Å². The van der Waals surface area contributed by atoms with E-state index < -0.39 is 10.0 Å². The number of hydrogen-bond acceptors (Lipinski definition) is 5. The molecule has 3 atom stereocenters. The summed E-state index contributed by atoms with van der Waals surface area (Å²) >= 11 is 0. The second-order valence-corrected chi connectivity index (χ2v) is 7.20. The molecule has 4 N–H and O–H groups in total. The third-order valence-corrected chi connectivity index (χ3v) is 5.46. The summed E-state index contributed by atoms with van der Waals surface area (Å²) in [5.41, 5.74) is 7.15. The lowest BCUT2D eigenvalue weighted by Gasteiger charge is -2.22. The van der Waals surface area contributed by atoms with Crippen LogP contribution in [0.2, 0.25) is 0 Å². The van der Waals surface area contributed by atoms with Gasteiger partial charge in [-0.1, -0.05) is 0 Å². The van der Waals surface area contributed by atoms with Crippen molar-refractivity contribution in [3.8, 4) is 0 Å². The molecule has 7 heteroatoms. The van der Waals surface area contributed by atoms with Crippen molar-refractivity contribution in [3.05, 3.63) is 18.2 Å². The summed E-state index contributed by atoms with van der Waals surface area (Å²) in [6, 6.07) is 5.01. The molecule has 0 aromatic heterocycles. The Morgan fingerprint density at radius 3 is 2.70 bits per heavy atom. The molecule has 2 aliphatic rings. The summed E-state index contributed by atoms with van der Waals surface area (Å²) < 4.78 is 31.5. The fourth-order valence-electron chi connectivity index (χ4n) is 2.95. The number of nitrogens with one attached hydrogen (secondary N) is 2. The van der Waals surface area contributed by atoms with E-state index >= 15 is 0 Å². The van der Waals surface area contributed by atoms with E-state index in [1.807, 2.05) is 0 Å². The topological polar surface area (TPSA) is 93.5 Å². The van der Waals surface area contributed by atoms with Crippen LogP contribution in [0.5, 0.6) is 0 Å². The first-order valence-corrected chi connectivity index (χ1v) is 8.23. The van der Waals surface area contributed by atoms with Crippen molar-refractivity contribution >= 4 is 21.4 Å². The maximum Gasteiger partial charge on any atom is 0.240 e. The highest BCUT2D eigenvalue weighted by molar-refractivity contribution is 7.89. The van der Waals surface area contributed by atoms with Gasteiger partial charge in [-0.2, -0.15) is 0 Å². The first-order chi connectivity index (χ1) is 9.49. The van der Waals surface area contributed by atoms with Crippen LogP contribution >= 0.6 is 0 Å². The molecule has 6 nitrogen and oxygen atoms in total. The zero-order valence-corrected chi connectivity index (χ0v) is 12.1. The number of hydrogen-bond donors (Lipinski definition) is 3. The third-order valence-electron chi connectivity index (χ3n) is 4.05. The maximum atomic E-state index is 11.7. The van der Waals surface area contributed by atoms with Gasteiger partial charge in [-0.15, -0.1) is 0 Å². The molecular weight excluding hydrogens is 278 g/mol. The molecule has 0 saturated carbocycles. The Morgan fingerprint density at radius 2 is 2.15 bits per heavy atom. The summed E-state index contributed by atoms with van der Waals surface area (Å²) in [5, 5.41) is 3.37. The number of nitrogens with two attached hydrogens (primary N) is 1. The van der Waals surface area contributed by atoms with E-state index in [-0.39, 0.29) is 17.0 Å². The fraction of sp³-hybridized carbons (Fsp3) is 0.538. The molecule has 20 heavy (non-hydrogen) atoms. The molecule has 3 unspecified atom stereocenters. The standard InChI is InChI=1S/C13H19N3O3S/c1-15-20(17,18)9-3-4-11(10(14)7-9)16-12-6-8-2-5-13(12)19-8/h3-4,7-8,12-13,15-16H,2,5-6,14H2,1H3. The zero-order chi connectivity index (χ0) is 14.3. The van der Waals surface area contributed by atoms with E-state index in [0.29, 0.717) is 11.8 Å². The van der Waals surface area contributed by atoms with Gasteiger partial charge in [0.25, 0.3) is 0 Å². The number of nitrogen functional groups attached to an aromatic ring is 1. The first-order valence-electron chi connectivity index (χ1n) is 6.74. The molecule has 3 rings (SSSR count). The molecule has 110 valence electrons. The molecule has 2 aliphatic heterocycles. The van der Waals surface area contributed by atoms with E-state index in [0.717, 1.165) is 24.9 Å². The van der Waals surface area contributed by atoms with Gasteiger partial charge in [-0.3, -0.25) is 0 Å². The quantitative estimate of drug-likeness (QED) is 0.718. The molecule has 2 bridgehead atoms. The molecule has 0 radical (unpaired) electrons. The number of ether oxygens (including phenoxy) is 1. The number of rotatable bonds is 4. The number of anilines is 2. The van der Waals surface area contributed by atoms with E-state index in [1.165, 1.54) is 13.1 Å². The van der Waals surface area contributed by atoms with Crippen LogP contribution in [0.25, 0.3) is 0 Å². The molecule has 2 fully saturated rings. The minimum absolute atomic E-state index is 0.173. The number of sulfonamides is 1. The predicted molar refractivity (Wildman–Crippen MR) is 77.0 cm³/mol. The first kappa shape index (κ1) is 13.7. The molecular formula is C13H19N3O3S. The van der Waals surface area contributed by atoms with Gasteiger partial charge < -0.3 is 15.8 Å². The fourth-order valence-corrected chi connectivity index (χ4v) is 3.71. The van der Waals surface area contributed by atoms with E-state index in [1.54, 1.807) is 12.1 Å². The van der Waals surface area contributed by atoms with Crippen LogP contribution in [0.3, 0.4) is 0 Å². The maximum absolute atomic E-state index is 11.7. The normalized spacial score (nSPS) is 28.8. The largest absolute Gasteiger partial charge is 0.397 e. The molecule has 0 amide bonds. The zero-order valence-electron chi connectivity index (χ0n) is 11.3. The van der Waals surface area contributed by atoms with Crippen LogP contribution in [0.15, 0.2) is 23.1 Å². The van der Waals surface area contributed by atoms with E-state index in [2.05, 4.69) is 10.0 Å².